The van der Waals surface area contributed by atoms with Crippen molar-refractivity contribution in [2.45, 2.75) is 25.7 Å². The molecule has 3 rings (SSSR count). The van der Waals surface area contributed by atoms with E-state index in [1.807, 2.05) is 17.0 Å². The second-order valence-corrected chi connectivity index (χ2v) is 6.32. The van der Waals surface area contributed by atoms with Crippen LogP contribution in [0.15, 0.2) is 48.5 Å². The smallest absolute Gasteiger partial charge is 0.335 e. The maximum atomic E-state index is 12.6. The first-order chi connectivity index (χ1) is 11.6. The minimum atomic E-state index is -0.988. The predicted molar refractivity (Wildman–Crippen MR) is 92.2 cm³/mol. The molecule has 1 atom stereocenters. The minimum absolute atomic E-state index is 0.000200. The normalized spacial score (nSPS) is 17.0. The molecule has 0 saturated carbocycles. The first kappa shape index (κ1) is 16.2. The zero-order valence-electron chi connectivity index (χ0n) is 13.7. The molecule has 0 radical (unpaired) electrons. The van der Waals surface area contributed by atoms with Gasteiger partial charge in [0.25, 0.3) is 0 Å². The van der Waals surface area contributed by atoms with Crippen LogP contribution in [0.2, 0.25) is 0 Å². The molecule has 24 heavy (non-hydrogen) atoms. The standard InChI is InChI=1S/C20H21NO3/c1-14-6-2-4-8-17(14)16-10-11-21(13-16)19(22)12-15-7-3-5-9-18(15)20(23)24/h2-9,16H,10-13H2,1H3,(H,23,24). The molecule has 2 aromatic carbocycles. The van der Waals surface area contributed by atoms with Crippen molar-refractivity contribution in [1.29, 1.82) is 0 Å². The molecular formula is C20H21NO3. The maximum absolute atomic E-state index is 12.6. The molecule has 0 aliphatic carbocycles. The van der Waals surface area contributed by atoms with E-state index in [0.717, 1.165) is 13.0 Å². The van der Waals surface area contributed by atoms with Crippen molar-refractivity contribution in [3.63, 3.8) is 0 Å². The molecule has 1 unspecified atom stereocenters. The van der Waals surface area contributed by atoms with Crippen LogP contribution < -0.4 is 0 Å². The maximum Gasteiger partial charge on any atom is 0.335 e. The van der Waals surface area contributed by atoms with E-state index >= 15 is 0 Å². The number of aromatic carboxylic acids is 1. The average molecular weight is 323 g/mol. The highest BCUT2D eigenvalue weighted by atomic mass is 16.4. The zero-order valence-corrected chi connectivity index (χ0v) is 13.7. The van der Waals surface area contributed by atoms with Crippen LogP contribution >= 0.6 is 0 Å². The molecule has 2 aromatic rings. The third-order valence-electron chi connectivity index (χ3n) is 4.76. The van der Waals surface area contributed by atoms with Crippen LogP contribution in [0.25, 0.3) is 0 Å². The third-order valence-corrected chi connectivity index (χ3v) is 4.76. The highest BCUT2D eigenvalue weighted by Crippen LogP contribution is 2.29. The molecule has 1 aliphatic rings. The first-order valence-corrected chi connectivity index (χ1v) is 8.20. The molecule has 1 heterocycles. The van der Waals surface area contributed by atoms with Gasteiger partial charge >= 0.3 is 5.97 Å². The quantitative estimate of drug-likeness (QED) is 0.939. The summed E-state index contributed by atoms with van der Waals surface area (Å²) in [6, 6.07) is 15.0. The Balaban J connectivity index is 1.70. The van der Waals surface area contributed by atoms with Crippen LogP contribution in [0.4, 0.5) is 0 Å². The number of carboxylic acid groups (broad SMARTS) is 1. The van der Waals surface area contributed by atoms with Gasteiger partial charge in [0.15, 0.2) is 0 Å². The summed E-state index contributed by atoms with van der Waals surface area (Å²) in [6.45, 7) is 3.54. The summed E-state index contributed by atoms with van der Waals surface area (Å²) in [5, 5.41) is 9.24. The second kappa shape index (κ2) is 6.87. The highest BCUT2D eigenvalue weighted by molar-refractivity contribution is 5.91. The molecule has 0 bridgehead atoms. The van der Waals surface area contributed by atoms with Gasteiger partial charge in [-0.2, -0.15) is 0 Å². The van der Waals surface area contributed by atoms with Crippen molar-refractivity contribution in [3.05, 3.63) is 70.8 Å². The Labute approximate surface area is 141 Å². The Morgan fingerprint density at radius 2 is 1.83 bits per heavy atom. The topological polar surface area (TPSA) is 57.6 Å². The Hall–Kier alpha value is -2.62. The molecule has 4 heteroatoms. The second-order valence-electron chi connectivity index (χ2n) is 6.32. The van der Waals surface area contributed by atoms with Crippen molar-refractivity contribution in [2.24, 2.45) is 0 Å². The summed E-state index contributed by atoms with van der Waals surface area (Å²) in [7, 11) is 0. The fourth-order valence-electron chi connectivity index (χ4n) is 3.44. The number of likely N-dealkylation sites (tertiary alicyclic amines) is 1. The lowest BCUT2D eigenvalue weighted by molar-refractivity contribution is -0.129. The van der Waals surface area contributed by atoms with Gasteiger partial charge in [-0.3, -0.25) is 4.79 Å². The van der Waals surface area contributed by atoms with E-state index in [-0.39, 0.29) is 17.9 Å². The SMILES string of the molecule is Cc1ccccc1C1CCN(C(=O)Cc2ccccc2C(=O)O)C1. The summed E-state index contributed by atoms with van der Waals surface area (Å²) in [4.78, 5) is 25.7. The molecule has 1 aliphatic heterocycles. The average Bonchev–Trinajstić information content (AvgIpc) is 3.05. The minimum Gasteiger partial charge on any atom is -0.478 e. The van der Waals surface area contributed by atoms with Crippen molar-refractivity contribution in [3.8, 4) is 0 Å². The number of carbonyl (C=O) groups excluding carboxylic acids is 1. The van der Waals surface area contributed by atoms with Crippen LogP contribution in [0.3, 0.4) is 0 Å². The van der Waals surface area contributed by atoms with Gasteiger partial charge in [0, 0.05) is 19.0 Å². The Morgan fingerprint density at radius 3 is 2.58 bits per heavy atom. The van der Waals surface area contributed by atoms with Gasteiger partial charge in [0.05, 0.1) is 12.0 Å². The van der Waals surface area contributed by atoms with E-state index in [4.69, 9.17) is 0 Å². The summed E-state index contributed by atoms with van der Waals surface area (Å²) >= 11 is 0. The number of benzene rings is 2. The van der Waals surface area contributed by atoms with Crippen LogP contribution in [0.5, 0.6) is 0 Å². The van der Waals surface area contributed by atoms with Crippen molar-refractivity contribution in [2.75, 3.05) is 13.1 Å². The fourth-order valence-corrected chi connectivity index (χ4v) is 3.44. The first-order valence-electron chi connectivity index (χ1n) is 8.20. The molecule has 0 spiro atoms. The van der Waals surface area contributed by atoms with E-state index in [2.05, 4.69) is 19.1 Å². The molecule has 4 nitrogen and oxygen atoms in total. The summed E-state index contributed by atoms with van der Waals surface area (Å²) in [6.07, 6.45) is 1.10. The van der Waals surface area contributed by atoms with Gasteiger partial charge in [-0.25, -0.2) is 4.79 Å². The van der Waals surface area contributed by atoms with Gasteiger partial charge in [0.1, 0.15) is 0 Å². The monoisotopic (exact) mass is 323 g/mol. The molecule has 1 saturated heterocycles. The van der Waals surface area contributed by atoms with Crippen LogP contribution in [0.1, 0.15) is 39.4 Å². The number of hydrogen-bond donors (Lipinski definition) is 1. The van der Waals surface area contributed by atoms with E-state index in [9.17, 15) is 14.7 Å². The summed E-state index contributed by atoms with van der Waals surface area (Å²) in [5.74, 6) is -0.623. The number of aryl methyl sites for hydroxylation is 1. The molecule has 1 N–H and O–H groups in total. The van der Waals surface area contributed by atoms with Gasteiger partial charge in [-0.05, 0) is 36.1 Å². The number of nitrogens with zero attached hydrogens (tertiary/aromatic N) is 1. The van der Waals surface area contributed by atoms with E-state index in [1.165, 1.54) is 11.1 Å². The highest BCUT2D eigenvalue weighted by Gasteiger charge is 2.28. The van der Waals surface area contributed by atoms with Gasteiger partial charge < -0.3 is 10.0 Å². The number of hydrogen-bond acceptors (Lipinski definition) is 2. The lowest BCUT2D eigenvalue weighted by Gasteiger charge is -2.18. The number of amides is 1. The molecule has 124 valence electrons. The van der Waals surface area contributed by atoms with E-state index in [1.54, 1.807) is 24.3 Å². The lowest BCUT2D eigenvalue weighted by Crippen LogP contribution is -2.30. The van der Waals surface area contributed by atoms with Gasteiger partial charge in [0.2, 0.25) is 5.91 Å². The van der Waals surface area contributed by atoms with Crippen LogP contribution in [-0.4, -0.2) is 35.0 Å². The number of carbonyl (C=O) groups is 2. The van der Waals surface area contributed by atoms with E-state index < -0.39 is 5.97 Å². The molecule has 1 fully saturated rings. The van der Waals surface area contributed by atoms with Gasteiger partial charge in [-0.15, -0.1) is 0 Å². The Kier molecular flexibility index (Phi) is 4.65. The van der Waals surface area contributed by atoms with Crippen LogP contribution in [-0.2, 0) is 11.2 Å². The molecular weight excluding hydrogens is 302 g/mol. The van der Waals surface area contributed by atoms with Crippen molar-refractivity contribution >= 4 is 11.9 Å². The lowest BCUT2D eigenvalue weighted by atomic mass is 9.94. The van der Waals surface area contributed by atoms with Crippen molar-refractivity contribution < 1.29 is 14.7 Å². The molecule has 0 aromatic heterocycles. The largest absolute Gasteiger partial charge is 0.478 e. The van der Waals surface area contributed by atoms with Crippen molar-refractivity contribution in [1.82, 2.24) is 4.90 Å². The van der Waals surface area contributed by atoms with E-state index in [0.29, 0.717) is 18.0 Å². The van der Waals surface area contributed by atoms with Gasteiger partial charge in [-0.1, -0.05) is 42.5 Å². The fraction of sp³-hybridized carbons (Fsp3) is 0.300. The Morgan fingerprint density at radius 1 is 1.12 bits per heavy atom. The predicted octanol–water partition coefficient (Wildman–Crippen LogP) is 3.25. The number of rotatable bonds is 4. The number of carboxylic acids is 1. The third kappa shape index (κ3) is 3.32. The summed E-state index contributed by atoms with van der Waals surface area (Å²) < 4.78 is 0. The van der Waals surface area contributed by atoms with Crippen LogP contribution in [0, 0.1) is 6.92 Å². The summed E-state index contributed by atoms with van der Waals surface area (Å²) in [5.41, 5.74) is 3.35. The zero-order chi connectivity index (χ0) is 17.1. The Bertz CT molecular complexity index is 769. The molecule has 1 amide bonds.